The lowest BCUT2D eigenvalue weighted by molar-refractivity contribution is -0.119. The summed E-state index contributed by atoms with van der Waals surface area (Å²) >= 11 is 1.56. The van der Waals surface area contributed by atoms with Crippen LogP contribution in [0.25, 0.3) is 0 Å². The average molecular weight is 900 g/mol. The summed E-state index contributed by atoms with van der Waals surface area (Å²) in [5.41, 5.74) is 6.14. The van der Waals surface area contributed by atoms with Crippen molar-refractivity contribution in [2.75, 3.05) is 89.5 Å². The van der Waals surface area contributed by atoms with Gasteiger partial charge >= 0.3 is 0 Å². The lowest BCUT2D eigenvalue weighted by Gasteiger charge is -2.41. The van der Waals surface area contributed by atoms with Crippen LogP contribution in [-0.2, 0) is 23.8 Å². The molecule has 1 aromatic heterocycles. The van der Waals surface area contributed by atoms with Crippen LogP contribution in [0.3, 0.4) is 0 Å². The van der Waals surface area contributed by atoms with Crippen molar-refractivity contribution in [2.24, 2.45) is 0 Å². The molecule has 5 aromatic rings. The third-order valence-electron chi connectivity index (χ3n) is 11.8. The maximum absolute atomic E-state index is 13.8. The highest BCUT2D eigenvalue weighted by Crippen LogP contribution is 2.45. The molecule has 2 N–H and O–H groups in total. The van der Waals surface area contributed by atoms with Gasteiger partial charge in [-0.05, 0) is 85.0 Å². The number of morpholine rings is 1. The quantitative estimate of drug-likeness (QED) is 0.106. The number of carbonyl (C=O) groups excluding carboxylic acids is 4. The molecule has 340 valence electrons. The van der Waals surface area contributed by atoms with Crippen LogP contribution in [0.1, 0.15) is 68.4 Å². The molecule has 8 rings (SSSR count). The number of benzene rings is 4. The predicted octanol–water partition coefficient (Wildman–Crippen LogP) is 8.01. The number of carbonyl (C=O) groups is 4. The van der Waals surface area contributed by atoms with Gasteiger partial charge in [0.15, 0.2) is 0 Å². The second kappa shape index (κ2) is 22.0. The van der Waals surface area contributed by atoms with E-state index < -0.39 is 23.9 Å². The molecule has 13 nitrogen and oxygen atoms in total. The van der Waals surface area contributed by atoms with Crippen LogP contribution < -0.4 is 20.3 Å². The molecule has 4 amide bonds. The predicted molar refractivity (Wildman–Crippen MR) is 254 cm³/mol. The fourth-order valence-corrected chi connectivity index (χ4v) is 9.56. The third-order valence-corrected chi connectivity index (χ3v) is 12.7. The van der Waals surface area contributed by atoms with E-state index in [-0.39, 0.29) is 23.6 Å². The van der Waals surface area contributed by atoms with Crippen molar-refractivity contribution in [2.45, 2.75) is 37.8 Å². The van der Waals surface area contributed by atoms with E-state index in [4.69, 9.17) is 18.9 Å². The van der Waals surface area contributed by atoms with Crippen molar-refractivity contribution in [3.05, 3.63) is 153 Å². The van der Waals surface area contributed by atoms with Crippen LogP contribution in [0.4, 0.5) is 17.1 Å². The zero-order chi connectivity index (χ0) is 45.9. The number of rotatable bonds is 14. The van der Waals surface area contributed by atoms with Crippen LogP contribution in [0, 0.1) is 0 Å². The summed E-state index contributed by atoms with van der Waals surface area (Å²) in [6.45, 7) is 8.71. The van der Waals surface area contributed by atoms with Crippen LogP contribution in [0.2, 0.25) is 0 Å². The number of nitrogens with one attached hydrogen (secondary N) is 2. The summed E-state index contributed by atoms with van der Waals surface area (Å²) in [5.74, 6) is -0.895. The molecule has 0 saturated carbocycles. The second-order valence-corrected chi connectivity index (χ2v) is 17.1. The number of fused-ring (bicyclic) bond motifs is 2. The van der Waals surface area contributed by atoms with Crippen molar-refractivity contribution in [1.82, 2.24) is 9.80 Å². The Hall–Kier alpha value is -6.32. The van der Waals surface area contributed by atoms with Crippen molar-refractivity contribution in [3.8, 4) is 5.75 Å². The first-order chi connectivity index (χ1) is 31.6. The van der Waals surface area contributed by atoms with Crippen LogP contribution in [0.5, 0.6) is 5.75 Å². The summed E-state index contributed by atoms with van der Waals surface area (Å²) in [6.07, 6.45) is 1.99. The van der Waals surface area contributed by atoms with E-state index in [0.29, 0.717) is 48.9 Å². The smallest absolute Gasteiger partial charge is 0.254 e. The van der Waals surface area contributed by atoms with Crippen molar-refractivity contribution in [3.63, 3.8) is 0 Å². The molecule has 4 heterocycles. The summed E-state index contributed by atoms with van der Waals surface area (Å²) in [5, 5.41) is 8.10. The maximum atomic E-state index is 13.8. The minimum atomic E-state index is -0.545. The topological polar surface area (TPSA) is 139 Å². The molecule has 0 bridgehead atoms. The molecule has 1 fully saturated rings. The fraction of sp³-hybridized carbons (Fsp3) is 0.333. The van der Waals surface area contributed by atoms with Gasteiger partial charge in [0.25, 0.3) is 11.8 Å². The van der Waals surface area contributed by atoms with Gasteiger partial charge < -0.3 is 44.3 Å². The van der Waals surface area contributed by atoms with Crippen LogP contribution in [-0.4, -0.2) is 113 Å². The Morgan fingerprint density at radius 3 is 1.92 bits per heavy atom. The molecule has 3 aliphatic rings. The molecule has 0 radical (unpaired) electrons. The number of anilines is 3. The van der Waals surface area contributed by atoms with E-state index >= 15 is 0 Å². The van der Waals surface area contributed by atoms with Gasteiger partial charge in [-0.3, -0.25) is 19.2 Å². The van der Waals surface area contributed by atoms with Gasteiger partial charge in [-0.25, -0.2) is 0 Å². The Kier molecular flexibility index (Phi) is 15.8. The summed E-state index contributed by atoms with van der Waals surface area (Å²) in [4.78, 5) is 60.8. The van der Waals surface area contributed by atoms with E-state index in [2.05, 4.69) is 15.5 Å². The Balaban J connectivity index is 0.000000197. The number of thiophene rings is 1. The van der Waals surface area contributed by atoms with E-state index in [9.17, 15) is 19.2 Å². The van der Waals surface area contributed by atoms with Crippen molar-refractivity contribution < 1.29 is 38.1 Å². The minimum Gasteiger partial charge on any atom is -0.497 e. The summed E-state index contributed by atoms with van der Waals surface area (Å²) < 4.78 is 21.2. The molecule has 4 unspecified atom stereocenters. The standard InChI is InChI=1S/C27H29N3O4S.C24H28N2O4/c1-33-15-14-30-25(23-7-4-18-35-23)24(21-5-2-3-6-22(21)27(30)32)26(31)28-19-8-10-20(11-9-19)29-12-16-34-17-13-29;1-16(2)14-21-22(23(27)25-17-8-7-9-18(15-17)30-4)19-10-5-6-11-20(19)24(28)26(21)12-13-29-3/h2-11,18,24-25H,12-17H2,1H3,(H,28,31);5-11,14-15,21-22H,12-13H2,1-4H3,(H,25,27). The number of hydrogen-bond acceptors (Lipinski definition) is 10. The number of allylic oxidation sites excluding steroid dienone is 1. The Morgan fingerprint density at radius 2 is 1.31 bits per heavy atom. The van der Waals surface area contributed by atoms with E-state index in [1.165, 1.54) is 0 Å². The third kappa shape index (κ3) is 10.8. The average Bonchev–Trinajstić information content (AvgIpc) is 3.87. The minimum absolute atomic E-state index is 0.0741. The van der Waals surface area contributed by atoms with Gasteiger partial charge in [0, 0.05) is 79.5 Å². The summed E-state index contributed by atoms with van der Waals surface area (Å²) in [7, 11) is 4.81. The van der Waals surface area contributed by atoms with Gasteiger partial charge in [-0.15, -0.1) is 11.3 Å². The number of methoxy groups -OCH3 is 3. The fourth-order valence-electron chi connectivity index (χ4n) is 8.69. The zero-order valence-corrected chi connectivity index (χ0v) is 38.3. The number of ether oxygens (including phenoxy) is 4. The number of nitrogens with zero attached hydrogens (tertiary/aromatic N) is 3. The highest BCUT2D eigenvalue weighted by molar-refractivity contribution is 7.10. The normalized spacial score (nSPS) is 19.0. The van der Waals surface area contributed by atoms with E-state index in [1.54, 1.807) is 60.7 Å². The number of hydrogen-bond donors (Lipinski definition) is 2. The first kappa shape index (κ1) is 46.7. The van der Waals surface area contributed by atoms with Crippen LogP contribution in [0.15, 0.2) is 126 Å². The lowest BCUT2D eigenvalue weighted by atomic mass is 9.81. The molecular weight excluding hydrogens is 843 g/mol. The molecule has 4 atom stereocenters. The Labute approximate surface area is 384 Å². The molecular formula is C51H57N5O8S. The maximum Gasteiger partial charge on any atom is 0.254 e. The molecule has 3 aliphatic heterocycles. The lowest BCUT2D eigenvalue weighted by Crippen LogP contribution is -2.51. The molecule has 14 heteroatoms. The van der Waals surface area contributed by atoms with E-state index in [1.807, 2.05) is 116 Å². The Bertz CT molecular complexity index is 2450. The largest absolute Gasteiger partial charge is 0.497 e. The number of amides is 4. The molecule has 0 aliphatic carbocycles. The first-order valence-corrected chi connectivity index (χ1v) is 22.7. The first-order valence-electron chi connectivity index (χ1n) is 21.8. The van der Waals surface area contributed by atoms with Gasteiger partial charge in [0.05, 0.1) is 57.5 Å². The molecule has 4 aromatic carbocycles. The van der Waals surface area contributed by atoms with Crippen molar-refractivity contribution in [1.29, 1.82) is 0 Å². The van der Waals surface area contributed by atoms with Crippen LogP contribution >= 0.6 is 11.3 Å². The van der Waals surface area contributed by atoms with Crippen molar-refractivity contribution >= 4 is 52.0 Å². The van der Waals surface area contributed by atoms with Gasteiger partial charge in [0.1, 0.15) is 5.75 Å². The van der Waals surface area contributed by atoms with Gasteiger partial charge in [-0.2, -0.15) is 0 Å². The second-order valence-electron chi connectivity index (χ2n) is 16.2. The SMILES string of the molecule is COCCN1C(=O)c2ccccc2C(C(=O)Nc2ccc(N3CCOCC3)cc2)C1c1cccs1.COCCN1C(=O)c2ccccc2C(C(=O)Nc2cccc(OC)c2)C1C=C(C)C. The highest BCUT2D eigenvalue weighted by Gasteiger charge is 2.45. The van der Waals surface area contributed by atoms with Gasteiger partial charge in [0.2, 0.25) is 11.8 Å². The Morgan fingerprint density at radius 1 is 0.708 bits per heavy atom. The summed E-state index contributed by atoms with van der Waals surface area (Å²) in [6, 6.07) is 33.1. The highest BCUT2D eigenvalue weighted by atomic mass is 32.1. The monoisotopic (exact) mass is 899 g/mol. The zero-order valence-electron chi connectivity index (χ0n) is 37.5. The van der Waals surface area contributed by atoms with Gasteiger partial charge in [-0.1, -0.05) is 60.2 Å². The molecule has 1 saturated heterocycles. The molecule has 65 heavy (non-hydrogen) atoms. The molecule has 0 spiro atoms. The van der Waals surface area contributed by atoms with E-state index in [0.717, 1.165) is 59.3 Å².